The maximum absolute atomic E-state index is 12.1. The third-order valence-corrected chi connectivity index (χ3v) is 4.74. The predicted molar refractivity (Wildman–Crippen MR) is 99.5 cm³/mol. The molecule has 0 aliphatic heterocycles. The summed E-state index contributed by atoms with van der Waals surface area (Å²) in [5, 5.41) is 2.96. The lowest BCUT2D eigenvalue weighted by Crippen LogP contribution is -2.34. The molecular weight excluding hydrogens is 352 g/mol. The summed E-state index contributed by atoms with van der Waals surface area (Å²) in [5.41, 5.74) is 2.00. The van der Waals surface area contributed by atoms with Crippen LogP contribution in [-0.4, -0.2) is 29.4 Å². The van der Waals surface area contributed by atoms with Gasteiger partial charge in [-0.25, -0.2) is 9.78 Å². The lowest BCUT2D eigenvalue weighted by Gasteiger charge is -2.18. The molecule has 7 heteroatoms. The number of nitrogens with zero attached hydrogens (tertiary/aromatic N) is 1. The first-order chi connectivity index (χ1) is 12.1. The number of benzene rings is 1. The lowest BCUT2D eigenvalue weighted by atomic mass is 9.87. The molecule has 1 aromatic heterocycles. The monoisotopic (exact) mass is 374 g/mol. The maximum atomic E-state index is 12.1. The van der Waals surface area contributed by atoms with Gasteiger partial charge in [0.05, 0.1) is 10.7 Å². The largest absolute Gasteiger partial charge is 0.451 e. The number of imide groups is 1. The number of amides is 2. The highest BCUT2D eigenvalue weighted by Gasteiger charge is 2.18. The zero-order valence-electron chi connectivity index (χ0n) is 15.5. The zero-order chi connectivity index (χ0) is 19.5. The molecule has 138 valence electrons. The Kier molecular flexibility index (Phi) is 5.92. The van der Waals surface area contributed by atoms with Gasteiger partial charge in [-0.05, 0) is 37.0 Å². The molecule has 0 unspecified atom stereocenters. The molecule has 2 amide bonds. The fraction of sp³-hybridized carbons (Fsp3) is 0.368. The summed E-state index contributed by atoms with van der Waals surface area (Å²) in [5.74, 6) is -1.83. The van der Waals surface area contributed by atoms with E-state index in [0.29, 0.717) is 16.1 Å². The molecule has 0 saturated carbocycles. The number of hydrogen-bond donors (Lipinski definition) is 1. The molecule has 26 heavy (non-hydrogen) atoms. The van der Waals surface area contributed by atoms with Crippen molar-refractivity contribution in [2.45, 2.75) is 40.0 Å². The quantitative estimate of drug-likeness (QED) is 0.831. The van der Waals surface area contributed by atoms with Crippen LogP contribution in [0.1, 0.15) is 57.1 Å². The second-order valence-electron chi connectivity index (χ2n) is 6.93. The van der Waals surface area contributed by atoms with Gasteiger partial charge in [-0.15, -0.1) is 11.3 Å². The van der Waals surface area contributed by atoms with E-state index in [-0.39, 0.29) is 5.41 Å². The second-order valence-corrected chi connectivity index (χ2v) is 8.13. The normalized spacial score (nSPS) is 11.1. The number of esters is 1. The van der Waals surface area contributed by atoms with Crippen molar-refractivity contribution in [2.24, 2.45) is 0 Å². The first-order valence-electron chi connectivity index (χ1n) is 8.14. The molecular formula is C19H22N2O4S. The molecule has 0 fully saturated rings. The van der Waals surface area contributed by atoms with E-state index in [2.05, 4.69) is 31.1 Å². The van der Waals surface area contributed by atoms with Gasteiger partial charge in [0.15, 0.2) is 6.61 Å². The minimum absolute atomic E-state index is 0.0217. The van der Waals surface area contributed by atoms with Crippen molar-refractivity contribution >= 4 is 29.1 Å². The molecule has 1 N–H and O–H groups in total. The Morgan fingerprint density at radius 1 is 1.12 bits per heavy atom. The van der Waals surface area contributed by atoms with Crippen LogP contribution in [0.3, 0.4) is 0 Å². The predicted octanol–water partition coefficient (Wildman–Crippen LogP) is 3.17. The summed E-state index contributed by atoms with van der Waals surface area (Å²) in [7, 11) is 0. The van der Waals surface area contributed by atoms with Crippen LogP contribution in [0.4, 0.5) is 0 Å². The van der Waals surface area contributed by atoms with Gasteiger partial charge in [-0.3, -0.25) is 14.9 Å². The maximum Gasteiger partial charge on any atom is 0.350 e. The van der Waals surface area contributed by atoms with Gasteiger partial charge in [-0.2, -0.15) is 0 Å². The number of ether oxygens (including phenoxy) is 1. The average Bonchev–Trinajstić information content (AvgIpc) is 2.90. The highest BCUT2D eigenvalue weighted by Crippen LogP contribution is 2.22. The van der Waals surface area contributed by atoms with Gasteiger partial charge in [0.1, 0.15) is 4.88 Å². The van der Waals surface area contributed by atoms with Crippen LogP contribution >= 0.6 is 11.3 Å². The molecule has 0 bridgehead atoms. The Labute approximate surface area is 156 Å². The molecule has 1 heterocycles. The first-order valence-corrected chi connectivity index (χ1v) is 8.95. The second kappa shape index (κ2) is 7.78. The van der Waals surface area contributed by atoms with Crippen LogP contribution in [0.15, 0.2) is 24.3 Å². The number of aryl methyl sites for hydroxylation is 2. The van der Waals surface area contributed by atoms with Crippen molar-refractivity contribution < 1.29 is 19.1 Å². The van der Waals surface area contributed by atoms with Crippen molar-refractivity contribution in [3.8, 4) is 0 Å². The molecule has 1 aromatic carbocycles. The Bertz CT molecular complexity index is 832. The number of hydrogen-bond acceptors (Lipinski definition) is 6. The van der Waals surface area contributed by atoms with E-state index in [1.54, 1.807) is 26.0 Å². The highest BCUT2D eigenvalue weighted by molar-refractivity contribution is 7.13. The third-order valence-electron chi connectivity index (χ3n) is 3.69. The van der Waals surface area contributed by atoms with Gasteiger partial charge >= 0.3 is 5.97 Å². The summed E-state index contributed by atoms with van der Waals surface area (Å²) in [6.07, 6.45) is 0. The van der Waals surface area contributed by atoms with Crippen LogP contribution < -0.4 is 5.32 Å². The number of rotatable bonds is 4. The SMILES string of the molecule is Cc1nc(C)c(C(=O)OCC(=O)NC(=O)c2ccc(C(C)(C)C)cc2)s1. The van der Waals surface area contributed by atoms with Crippen molar-refractivity contribution in [2.75, 3.05) is 6.61 Å². The van der Waals surface area contributed by atoms with Crippen molar-refractivity contribution in [1.29, 1.82) is 0 Å². The van der Waals surface area contributed by atoms with E-state index in [1.807, 2.05) is 12.1 Å². The minimum atomic E-state index is -0.679. The molecule has 0 spiro atoms. The first kappa shape index (κ1) is 19.8. The molecule has 0 radical (unpaired) electrons. The fourth-order valence-electron chi connectivity index (χ4n) is 2.27. The summed E-state index contributed by atoms with van der Waals surface area (Å²) in [6, 6.07) is 7.04. The molecule has 6 nitrogen and oxygen atoms in total. The average molecular weight is 374 g/mol. The molecule has 2 aromatic rings. The van der Waals surface area contributed by atoms with Crippen LogP contribution in [0, 0.1) is 13.8 Å². The van der Waals surface area contributed by atoms with E-state index < -0.39 is 24.4 Å². The van der Waals surface area contributed by atoms with E-state index >= 15 is 0 Å². The molecule has 0 atom stereocenters. The van der Waals surface area contributed by atoms with Crippen molar-refractivity contribution in [1.82, 2.24) is 10.3 Å². The topological polar surface area (TPSA) is 85.4 Å². The number of thiazole rings is 1. The highest BCUT2D eigenvalue weighted by atomic mass is 32.1. The summed E-state index contributed by atoms with van der Waals surface area (Å²) in [4.78, 5) is 40.4. The summed E-state index contributed by atoms with van der Waals surface area (Å²) >= 11 is 1.20. The van der Waals surface area contributed by atoms with E-state index in [9.17, 15) is 14.4 Å². The van der Waals surface area contributed by atoms with Crippen molar-refractivity contribution in [3.63, 3.8) is 0 Å². The minimum Gasteiger partial charge on any atom is -0.451 e. The third kappa shape index (κ3) is 4.98. The Hall–Kier alpha value is -2.54. The number of aromatic nitrogens is 1. The molecule has 0 saturated heterocycles. The summed E-state index contributed by atoms with van der Waals surface area (Å²) in [6.45, 7) is 9.18. The van der Waals surface area contributed by atoms with Crippen LogP contribution in [0.2, 0.25) is 0 Å². The van der Waals surface area contributed by atoms with Gasteiger partial charge < -0.3 is 4.74 Å². The van der Waals surface area contributed by atoms with Gasteiger partial charge in [0.2, 0.25) is 0 Å². The Balaban J connectivity index is 1.90. The van der Waals surface area contributed by atoms with Gasteiger partial charge in [0, 0.05) is 5.56 Å². The number of carbonyl (C=O) groups is 3. The zero-order valence-corrected chi connectivity index (χ0v) is 16.3. The Morgan fingerprint density at radius 3 is 2.23 bits per heavy atom. The van der Waals surface area contributed by atoms with E-state index in [4.69, 9.17) is 4.74 Å². The Morgan fingerprint density at radius 2 is 1.73 bits per heavy atom. The molecule has 0 aliphatic rings. The van der Waals surface area contributed by atoms with E-state index in [0.717, 1.165) is 10.6 Å². The van der Waals surface area contributed by atoms with E-state index in [1.165, 1.54) is 11.3 Å². The lowest BCUT2D eigenvalue weighted by molar-refractivity contribution is -0.123. The van der Waals surface area contributed by atoms with Gasteiger partial charge in [-0.1, -0.05) is 32.9 Å². The fourth-order valence-corrected chi connectivity index (χ4v) is 3.09. The van der Waals surface area contributed by atoms with Gasteiger partial charge in [0.25, 0.3) is 11.8 Å². The standard InChI is InChI=1S/C19H22N2O4S/c1-11-16(26-12(2)20-11)18(24)25-10-15(22)21-17(23)13-6-8-14(9-7-13)19(3,4)5/h6-9H,10H2,1-5H3,(H,21,22,23). The molecule has 2 rings (SSSR count). The van der Waals surface area contributed by atoms with Crippen LogP contribution in [-0.2, 0) is 14.9 Å². The van der Waals surface area contributed by atoms with Crippen molar-refractivity contribution in [3.05, 3.63) is 51.0 Å². The van der Waals surface area contributed by atoms with Crippen LogP contribution in [0.25, 0.3) is 0 Å². The van der Waals surface area contributed by atoms with Crippen LogP contribution in [0.5, 0.6) is 0 Å². The smallest absolute Gasteiger partial charge is 0.350 e. The molecule has 0 aliphatic carbocycles. The summed E-state index contributed by atoms with van der Waals surface area (Å²) < 4.78 is 4.95. The number of carbonyl (C=O) groups excluding carboxylic acids is 3. The number of nitrogens with one attached hydrogen (secondary N) is 1.